The molecule has 0 aromatic heterocycles. The van der Waals surface area contributed by atoms with E-state index in [0.29, 0.717) is 11.8 Å². The third kappa shape index (κ3) is 1.68. The number of phenols is 1. The normalized spacial score (nSPS) is 22.1. The summed E-state index contributed by atoms with van der Waals surface area (Å²) in [5.74, 6) is 0.370. The highest BCUT2D eigenvalue weighted by atomic mass is 16.3. The van der Waals surface area contributed by atoms with Crippen LogP contribution >= 0.6 is 0 Å². The molecule has 0 aliphatic carbocycles. The Morgan fingerprint density at radius 1 is 1.46 bits per heavy atom. The maximum absolute atomic E-state index is 9.37. The number of nitrogens with one attached hydrogen (secondary N) is 1. The van der Waals surface area contributed by atoms with Crippen molar-refractivity contribution < 1.29 is 5.11 Å². The molecule has 1 saturated heterocycles. The lowest BCUT2D eigenvalue weighted by Crippen LogP contribution is -2.13. The van der Waals surface area contributed by atoms with Crippen molar-refractivity contribution in [3.8, 4) is 5.75 Å². The van der Waals surface area contributed by atoms with Gasteiger partial charge in [0.15, 0.2) is 0 Å². The molecule has 1 aliphatic heterocycles. The topological polar surface area (TPSA) is 32.3 Å². The van der Waals surface area contributed by atoms with Gasteiger partial charge in [0, 0.05) is 6.04 Å². The first-order valence-electron chi connectivity index (χ1n) is 4.80. The Balaban J connectivity index is 2.32. The van der Waals surface area contributed by atoms with E-state index in [1.807, 2.05) is 12.1 Å². The summed E-state index contributed by atoms with van der Waals surface area (Å²) >= 11 is 0. The van der Waals surface area contributed by atoms with E-state index >= 15 is 0 Å². The number of aryl methyl sites for hydroxylation is 1. The average Bonchev–Trinajstić information content (AvgIpc) is 2.61. The minimum atomic E-state index is 0.370. The minimum absolute atomic E-state index is 0.370. The lowest BCUT2D eigenvalue weighted by atomic mass is 10.00. The number of rotatable bonds is 1. The van der Waals surface area contributed by atoms with E-state index in [1.54, 1.807) is 6.07 Å². The van der Waals surface area contributed by atoms with Crippen LogP contribution in [0, 0.1) is 6.92 Å². The van der Waals surface area contributed by atoms with Crippen molar-refractivity contribution in [2.75, 3.05) is 6.54 Å². The molecule has 0 spiro atoms. The second-order valence-electron chi connectivity index (χ2n) is 3.69. The summed E-state index contributed by atoms with van der Waals surface area (Å²) in [5, 5.41) is 12.8. The van der Waals surface area contributed by atoms with Gasteiger partial charge in [-0.05, 0) is 49.6 Å². The third-order valence-corrected chi connectivity index (χ3v) is 2.70. The summed E-state index contributed by atoms with van der Waals surface area (Å²) in [7, 11) is 0. The lowest BCUT2D eigenvalue weighted by Gasteiger charge is -2.13. The van der Waals surface area contributed by atoms with Crippen LogP contribution < -0.4 is 5.32 Å². The Labute approximate surface area is 78.6 Å². The molecule has 2 heteroatoms. The highest BCUT2D eigenvalue weighted by Crippen LogP contribution is 2.28. The van der Waals surface area contributed by atoms with E-state index in [2.05, 4.69) is 12.2 Å². The van der Waals surface area contributed by atoms with Gasteiger partial charge in [-0.3, -0.25) is 0 Å². The monoisotopic (exact) mass is 177 g/mol. The van der Waals surface area contributed by atoms with Gasteiger partial charge in [-0.25, -0.2) is 0 Å². The van der Waals surface area contributed by atoms with Gasteiger partial charge in [-0.15, -0.1) is 0 Å². The first-order chi connectivity index (χ1) is 6.27. The molecular formula is C11H15NO. The predicted octanol–water partition coefficient (Wildman–Crippen LogP) is 2.13. The zero-order chi connectivity index (χ0) is 9.26. The van der Waals surface area contributed by atoms with Gasteiger partial charge >= 0.3 is 0 Å². The zero-order valence-electron chi connectivity index (χ0n) is 7.88. The fraction of sp³-hybridized carbons (Fsp3) is 0.455. The molecule has 2 nitrogen and oxygen atoms in total. The Morgan fingerprint density at radius 2 is 2.31 bits per heavy atom. The van der Waals surface area contributed by atoms with Crippen molar-refractivity contribution in [1.82, 2.24) is 5.32 Å². The van der Waals surface area contributed by atoms with Gasteiger partial charge in [-0.1, -0.05) is 6.07 Å². The summed E-state index contributed by atoms with van der Waals surface area (Å²) < 4.78 is 0. The Bertz CT molecular complexity index is 303. The summed E-state index contributed by atoms with van der Waals surface area (Å²) in [6.45, 7) is 3.19. The Morgan fingerprint density at radius 3 is 3.00 bits per heavy atom. The van der Waals surface area contributed by atoms with Crippen LogP contribution in [0.2, 0.25) is 0 Å². The highest BCUT2D eigenvalue weighted by molar-refractivity contribution is 5.36. The molecule has 0 unspecified atom stereocenters. The largest absolute Gasteiger partial charge is 0.508 e. The van der Waals surface area contributed by atoms with Crippen LogP contribution in [0.3, 0.4) is 0 Å². The lowest BCUT2D eigenvalue weighted by molar-refractivity contribution is 0.472. The van der Waals surface area contributed by atoms with Crippen molar-refractivity contribution in [3.63, 3.8) is 0 Å². The molecule has 1 fully saturated rings. The van der Waals surface area contributed by atoms with E-state index in [-0.39, 0.29) is 0 Å². The van der Waals surface area contributed by atoms with Gasteiger partial charge < -0.3 is 10.4 Å². The van der Waals surface area contributed by atoms with Crippen molar-refractivity contribution in [2.45, 2.75) is 25.8 Å². The van der Waals surface area contributed by atoms with Crippen LogP contribution in [-0.4, -0.2) is 11.7 Å². The predicted molar refractivity (Wildman–Crippen MR) is 52.8 cm³/mol. The summed E-state index contributed by atoms with van der Waals surface area (Å²) in [5.41, 5.74) is 2.51. The quantitative estimate of drug-likeness (QED) is 0.688. The molecular weight excluding hydrogens is 162 g/mol. The van der Waals surface area contributed by atoms with Crippen LogP contribution in [0.25, 0.3) is 0 Å². The zero-order valence-corrected chi connectivity index (χ0v) is 7.88. The van der Waals surface area contributed by atoms with E-state index in [0.717, 1.165) is 6.54 Å². The molecule has 13 heavy (non-hydrogen) atoms. The second-order valence-corrected chi connectivity index (χ2v) is 3.69. The van der Waals surface area contributed by atoms with Crippen molar-refractivity contribution in [3.05, 3.63) is 29.3 Å². The fourth-order valence-corrected chi connectivity index (χ4v) is 1.95. The molecule has 2 rings (SSSR count). The van der Waals surface area contributed by atoms with Gasteiger partial charge in [0.1, 0.15) is 5.75 Å². The summed E-state index contributed by atoms with van der Waals surface area (Å²) in [4.78, 5) is 0. The third-order valence-electron chi connectivity index (χ3n) is 2.70. The number of hydrogen-bond donors (Lipinski definition) is 2. The van der Waals surface area contributed by atoms with Crippen molar-refractivity contribution in [1.29, 1.82) is 0 Å². The number of hydrogen-bond acceptors (Lipinski definition) is 2. The van der Waals surface area contributed by atoms with E-state index < -0.39 is 0 Å². The number of phenolic OH excluding ortho intramolecular Hbond substituents is 1. The van der Waals surface area contributed by atoms with E-state index in [4.69, 9.17) is 0 Å². The van der Waals surface area contributed by atoms with E-state index in [1.165, 1.54) is 24.0 Å². The SMILES string of the molecule is Cc1ccc(O)cc1[C@H]1CCCN1. The minimum Gasteiger partial charge on any atom is -0.508 e. The van der Waals surface area contributed by atoms with Crippen LogP contribution in [0.15, 0.2) is 18.2 Å². The number of benzene rings is 1. The molecule has 1 atom stereocenters. The van der Waals surface area contributed by atoms with Crippen LogP contribution in [0.1, 0.15) is 30.0 Å². The first-order valence-corrected chi connectivity index (χ1v) is 4.80. The van der Waals surface area contributed by atoms with Gasteiger partial charge in [0.2, 0.25) is 0 Å². The Hall–Kier alpha value is -1.02. The fourth-order valence-electron chi connectivity index (χ4n) is 1.95. The van der Waals surface area contributed by atoms with Crippen LogP contribution in [-0.2, 0) is 0 Å². The molecule has 1 aliphatic rings. The molecule has 70 valence electrons. The smallest absolute Gasteiger partial charge is 0.115 e. The standard InChI is InChI=1S/C11H15NO/c1-8-4-5-9(13)7-10(8)11-3-2-6-12-11/h4-5,7,11-13H,2-3,6H2,1H3/t11-/m1/s1. The van der Waals surface area contributed by atoms with Crippen LogP contribution in [0.4, 0.5) is 0 Å². The maximum atomic E-state index is 9.37. The molecule has 1 heterocycles. The van der Waals surface area contributed by atoms with Gasteiger partial charge in [0.25, 0.3) is 0 Å². The maximum Gasteiger partial charge on any atom is 0.115 e. The summed E-state index contributed by atoms with van der Waals surface area (Å²) in [6.07, 6.45) is 2.42. The summed E-state index contributed by atoms with van der Waals surface area (Å²) in [6, 6.07) is 6.05. The molecule has 2 N–H and O–H groups in total. The Kier molecular flexibility index (Phi) is 2.23. The molecule has 1 aromatic rings. The molecule has 1 aromatic carbocycles. The van der Waals surface area contributed by atoms with Crippen molar-refractivity contribution in [2.24, 2.45) is 0 Å². The van der Waals surface area contributed by atoms with Crippen LogP contribution in [0.5, 0.6) is 5.75 Å². The first kappa shape index (κ1) is 8.57. The van der Waals surface area contributed by atoms with Gasteiger partial charge in [0.05, 0.1) is 0 Å². The average molecular weight is 177 g/mol. The second kappa shape index (κ2) is 3.38. The molecule has 0 bridgehead atoms. The molecule has 0 amide bonds. The van der Waals surface area contributed by atoms with Gasteiger partial charge in [-0.2, -0.15) is 0 Å². The highest BCUT2D eigenvalue weighted by Gasteiger charge is 2.17. The number of aromatic hydroxyl groups is 1. The van der Waals surface area contributed by atoms with Crippen molar-refractivity contribution >= 4 is 0 Å². The molecule has 0 saturated carbocycles. The molecule has 0 radical (unpaired) electrons. The van der Waals surface area contributed by atoms with E-state index in [9.17, 15) is 5.11 Å².